The van der Waals surface area contributed by atoms with Crippen molar-refractivity contribution in [2.45, 2.75) is 0 Å². The van der Waals surface area contributed by atoms with Crippen LogP contribution in [0.5, 0.6) is 0 Å². The summed E-state index contributed by atoms with van der Waals surface area (Å²) in [6, 6.07) is 61.0. The molecule has 4 heteroatoms. The van der Waals surface area contributed by atoms with E-state index in [4.69, 9.17) is 9.97 Å². The van der Waals surface area contributed by atoms with Crippen LogP contribution >= 0.6 is 0 Å². The highest BCUT2D eigenvalue weighted by atomic mass is 15.1. The molecule has 4 nitrogen and oxygen atoms in total. The summed E-state index contributed by atoms with van der Waals surface area (Å²) in [5.41, 5.74) is 12.0. The van der Waals surface area contributed by atoms with Gasteiger partial charge in [-0.25, -0.2) is 9.97 Å². The molecule has 52 heavy (non-hydrogen) atoms. The second-order valence-corrected chi connectivity index (χ2v) is 13.7. The minimum absolute atomic E-state index is 0.826. The summed E-state index contributed by atoms with van der Waals surface area (Å²) in [7, 11) is 0. The maximum atomic E-state index is 5.59. The lowest BCUT2D eigenvalue weighted by atomic mass is 9.96. The number of rotatable bonds is 3. The van der Waals surface area contributed by atoms with Crippen molar-refractivity contribution in [3.63, 3.8) is 0 Å². The third kappa shape index (κ3) is 3.60. The molecule has 0 aliphatic rings. The third-order valence-electron chi connectivity index (χ3n) is 11.0. The monoisotopic (exact) mass is 660 g/mol. The molecular formula is C48H28N4. The van der Waals surface area contributed by atoms with Crippen molar-refractivity contribution in [2.75, 3.05) is 0 Å². The number of hydrogen-bond donors (Lipinski definition) is 0. The first kappa shape index (κ1) is 27.7. The molecular weight excluding hydrogens is 633 g/mol. The standard InChI is InChI=1S/C48H28N4/c1-3-13-29(14-4-1)32-26-27-35-34-20-11-22-39-43(34)44-40(51-38-21-10-9-19-36(38)42(32)47(35)51)23-12-24-41(44)52(39)48-45(31-16-5-2-6-17-31)49-37-28-25-30-15-7-8-18-33(30)46(37)50-48/h1-28H. The fourth-order valence-electron chi connectivity index (χ4n) is 8.88. The first-order chi connectivity index (χ1) is 25.8. The highest BCUT2D eigenvalue weighted by molar-refractivity contribution is 6.32. The van der Waals surface area contributed by atoms with E-state index in [1.165, 1.54) is 60.0 Å². The molecule has 0 amide bonds. The van der Waals surface area contributed by atoms with Crippen molar-refractivity contribution in [1.82, 2.24) is 18.9 Å². The lowest BCUT2D eigenvalue weighted by Crippen LogP contribution is -2.04. The van der Waals surface area contributed by atoms with Crippen LogP contribution < -0.4 is 0 Å². The second kappa shape index (κ2) is 10.3. The molecule has 0 saturated heterocycles. The zero-order valence-corrected chi connectivity index (χ0v) is 28.0. The first-order valence-corrected chi connectivity index (χ1v) is 17.8. The van der Waals surface area contributed by atoms with Gasteiger partial charge in [0.1, 0.15) is 5.69 Å². The summed E-state index contributed by atoms with van der Waals surface area (Å²) in [5.74, 6) is 0.826. The van der Waals surface area contributed by atoms with Gasteiger partial charge in [-0.05, 0) is 52.2 Å². The SMILES string of the molecule is c1ccc(-c2nc3ccc4ccccc4c3nc2-n2c3cccc4c5ccc(-c6ccccc6)c6c7ccccc7n(c7cccc2c7c43)c56)cc1. The summed E-state index contributed by atoms with van der Waals surface area (Å²) in [6.45, 7) is 0. The normalized spacial score (nSPS) is 12.2. The summed E-state index contributed by atoms with van der Waals surface area (Å²) in [5, 5.41) is 9.68. The number of para-hydroxylation sites is 1. The maximum absolute atomic E-state index is 5.59. The van der Waals surface area contributed by atoms with E-state index in [1.807, 2.05) is 0 Å². The molecule has 0 fully saturated rings. The molecule has 0 bridgehead atoms. The fourth-order valence-corrected chi connectivity index (χ4v) is 8.88. The van der Waals surface area contributed by atoms with Gasteiger partial charge < -0.3 is 4.40 Å². The molecule has 0 aliphatic carbocycles. The van der Waals surface area contributed by atoms with E-state index < -0.39 is 0 Å². The van der Waals surface area contributed by atoms with Crippen molar-refractivity contribution < 1.29 is 0 Å². The van der Waals surface area contributed by atoms with Crippen LogP contribution in [0.25, 0.3) is 110 Å². The molecule has 0 N–H and O–H groups in total. The zero-order valence-electron chi connectivity index (χ0n) is 28.0. The zero-order chi connectivity index (χ0) is 33.9. The Morgan fingerprint density at radius 1 is 0.385 bits per heavy atom. The van der Waals surface area contributed by atoms with Crippen LogP contribution in [0.1, 0.15) is 0 Å². The van der Waals surface area contributed by atoms with Gasteiger partial charge in [0.25, 0.3) is 0 Å². The topological polar surface area (TPSA) is 35.1 Å². The Bertz CT molecular complexity index is 3390. The third-order valence-corrected chi connectivity index (χ3v) is 11.0. The predicted molar refractivity (Wildman–Crippen MR) is 217 cm³/mol. The van der Waals surface area contributed by atoms with E-state index in [9.17, 15) is 0 Å². The van der Waals surface area contributed by atoms with Crippen LogP contribution in [0.15, 0.2) is 170 Å². The minimum atomic E-state index is 0.826. The molecule has 12 rings (SSSR count). The summed E-state index contributed by atoms with van der Waals surface area (Å²) >= 11 is 0. The summed E-state index contributed by atoms with van der Waals surface area (Å²) in [4.78, 5) is 11.0. The van der Waals surface area contributed by atoms with Crippen LogP contribution in [0.2, 0.25) is 0 Å². The Labute approximate surface area is 297 Å². The van der Waals surface area contributed by atoms with E-state index in [1.54, 1.807) is 0 Å². The Kier molecular flexibility index (Phi) is 5.47. The molecule has 0 aliphatic heterocycles. The maximum Gasteiger partial charge on any atom is 0.165 e. The molecule has 12 aromatic rings. The van der Waals surface area contributed by atoms with Crippen molar-refractivity contribution in [1.29, 1.82) is 0 Å². The highest BCUT2D eigenvalue weighted by Crippen LogP contribution is 2.47. The van der Waals surface area contributed by atoms with Crippen LogP contribution in [0, 0.1) is 0 Å². The number of aromatic nitrogens is 4. The van der Waals surface area contributed by atoms with Gasteiger partial charge in [0.2, 0.25) is 0 Å². The van der Waals surface area contributed by atoms with Gasteiger partial charge >= 0.3 is 0 Å². The van der Waals surface area contributed by atoms with E-state index in [0.717, 1.165) is 49.9 Å². The molecule has 240 valence electrons. The van der Waals surface area contributed by atoms with Crippen molar-refractivity contribution in [3.8, 4) is 28.2 Å². The fraction of sp³-hybridized carbons (Fsp3) is 0. The van der Waals surface area contributed by atoms with Crippen LogP contribution in [-0.2, 0) is 0 Å². The molecule has 0 atom stereocenters. The average molecular weight is 661 g/mol. The number of fused-ring (bicyclic) bond motifs is 8. The summed E-state index contributed by atoms with van der Waals surface area (Å²) in [6.07, 6.45) is 0. The molecule has 4 heterocycles. The van der Waals surface area contributed by atoms with E-state index in [-0.39, 0.29) is 0 Å². The quantitative estimate of drug-likeness (QED) is 0.177. The van der Waals surface area contributed by atoms with Crippen LogP contribution in [-0.4, -0.2) is 18.9 Å². The van der Waals surface area contributed by atoms with Gasteiger partial charge in [-0.2, -0.15) is 0 Å². The Balaban J connectivity index is 1.31. The molecule has 0 radical (unpaired) electrons. The van der Waals surface area contributed by atoms with Crippen LogP contribution in [0.4, 0.5) is 0 Å². The van der Waals surface area contributed by atoms with Crippen molar-refractivity contribution in [3.05, 3.63) is 170 Å². The van der Waals surface area contributed by atoms with E-state index in [2.05, 4.69) is 179 Å². The van der Waals surface area contributed by atoms with Crippen molar-refractivity contribution in [2.24, 2.45) is 0 Å². The van der Waals surface area contributed by atoms with Gasteiger partial charge in [0.05, 0.1) is 38.6 Å². The van der Waals surface area contributed by atoms with Gasteiger partial charge in [0, 0.05) is 37.9 Å². The highest BCUT2D eigenvalue weighted by Gasteiger charge is 2.25. The predicted octanol–water partition coefficient (Wildman–Crippen LogP) is 12.4. The van der Waals surface area contributed by atoms with E-state index >= 15 is 0 Å². The van der Waals surface area contributed by atoms with Gasteiger partial charge in [0.15, 0.2) is 5.82 Å². The average Bonchev–Trinajstić information content (AvgIpc) is 3.70. The molecule has 0 unspecified atom stereocenters. The van der Waals surface area contributed by atoms with Gasteiger partial charge in [-0.1, -0.05) is 140 Å². The second-order valence-electron chi connectivity index (χ2n) is 13.7. The van der Waals surface area contributed by atoms with Gasteiger partial charge in [-0.15, -0.1) is 0 Å². The molecule has 4 aromatic heterocycles. The number of benzene rings is 8. The minimum Gasteiger partial charge on any atom is -0.308 e. The largest absolute Gasteiger partial charge is 0.308 e. The molecule has 8 aromatic carbocycles. The smallest absolute Gasteiger partial charge is 0.165 e. The first-order valence-electron chi connectivity index (χ1n) is 17.8. The Morgan fingerprint density at radius 2 is 1.04 bits per heavy atom. The van der Waals surface area contributed by atoms with Gasteiger partial charge in [-0.3, -0.25) is 4.57 Å². The Hall–Kier alpha value is -7.04. The Morgan fingerprint density at radius 3 is 1.88 bits per heavy atom. The number of nitrogens with zero attached hydrogens (tertiary/aromatic N) is 4. The number of hydrogen-bond acceptors (Lipinski definition) is 2. The summed E-state index contributed by atoms with van der Waals surface area (Å²) < 4.78 is 4.87. The lowest BCUT2D eigenvalue weighted by molar-refractivity contribution is 1.08. The van der Waals surface area contributed by atoms with Crippen molar-refractivity contribution >= 4 is 81.7 Å². The van der Waals surface area contributed by atoms with E-state index in [0.29, 0.717) is 0 Å². The molecule has 0 saturated carbocycles. The lowest BCUT2D eigenvalue weighted by Gasteiger charge is -2.15. The molecule has 0 spiro atoms. The van der Waals surface area contributed by atoms with Crippen LogP contribution in [0.3, 0.4) is 0 Å².